The Kier molecular flexibility index (Phi) is 6.63. The van der Waals surface area contributed by atoms with Crippen molar-refractivity contribution in [1.29, 1.82) is 5.26 Å². The van der Waals surface area contributed by atoms with Crippen LogP contribution in [0.2, 0.25) is 0 Å². The van der Waals surface area contributed by atoms with Crippen molar-refractivity contribution in [3.63, 3.8) is 0 Å². The van der Waals surface area contributed by atoms with Crippen molar-refractivity contribution in [3.05, 3.63) is 47.3 Å². The van der Waals surface area contributed by atoms with Crippen LogP contribution in [0.1, 0.15) is 17.5 Å². The van der Waals surface area contributed by atoms with Crippen LogP contribution >= 0.6 is 0 Å². The lowest BCUT2D eigenvalue weighted by molar-refractivity contribution is -0.131. The van der Waals surface area contributed by atoms with Gasteiger partial charge in [0, 0.05) is 38.0 Å². The Balaban J connectivity index is 1.48. The van der Waals surface area contributed by atoms with Crippen molar-refractivity contribution in [2.45, 2.75) is 12.8 Å². The smallest absolute Gasteiger partial charge is 0.228 e. The number of fused-ring (bicyclic) bond motifs is 1. The van der Waals surface area contributed by atoms with Gasteiger partial charge < -0.3 is 25.0 Å². The highest BCUT2D eigenvalue weighted by Crippen LogP contribution is 2.38. The molecule has 1 amide bonds. The summed E-state index contributed by atoms with van der Waals surface area (Å²) in [6.45, 7) is 2.09. The van der Waals surface area contributed by atoms with Crippen LogP contribution in [0.3, 0.4) is 0 Å². The number of halogens is 1. The summed E-state index contributed by atoms with van der Waals surface area (Å²) in [5, 5.41) is 10.2. The van der Waals surface area contributed by atoms with Gasteiger partial charge in [-0.3, -0.25) is 4.79 Å². The van der Waals surface area contributed by atoms with Crippen LogP contribution in [0, 0.1) is 17.1 Å². The minimum Gasteiger partial charge on any atom is -0.493 e. The molecule has 1 saturated heterocycles. The lowest BCUT2D eigenvalue weighted by Gasteiger charge is -2.35. The molecule has 1 aliphatic heterocycles. The Morgan fingerprint density at radius 2 is 1.85 bits per heavy atom. The maximum Gasteiger partial charge on any atom is 0.228 e. The van der Waals surface area contributed by atoms with Crippen molar-refractivity contribution in [2.75, 3.05) is 51.0 Å². The summed E-state index contributed by atoms with van der Waals surface area (Å²) >= 11 is 0. The first-order valence-electron chi connectivity index (χ1n) is 10.8. The van der Waals surface area contributed by atoms with Gasteiger partial charge in [0.25, 0.3) is 0 Å². The molecule has 0 atom stereocenters. The molecule has 2 N–H and O–H groups in total. The van der Waals surface area contributed by atoms with Crippen LogP contribution < -0.4 is 20.1 Å². The maximum absolute atomic E-state index is 13.1. The molecule has 1 aromatic heterocycles. The minimum atomic E-state index is -0.290. The largest absolute Gasteiger partial charge is 0.493 e. The third kappa shape index (κ3) is 4.50. The van der Waals surface area contributed by atoms with Crippen molar-refractivity contribution < 1.29 is 18.7 Å². The van der Waals surface area contributed by atoms with E-state index in [1.165, 1.54) is 26.4 Å². The average Bonchev–Trinajstić information content (AvgIpc) is 2.87. The normalized spacial score (nSPS) is 13.6. The highest BCUT2D eigenvalue weighted by molar-refractivity contribution is 5.96. The number of methoxy groups -OCH3 is 2. The van der Waals surface area contributed by atoms with Gasteiger partial charge in [-0.1, -0.05) is 12.1 Å². The molecule has 1 aliphatic rings. The summed E-state index contributed by atoms with van der Waals surface area (Å²) in [5.74, 6) is 1.05. The van der Waals surface area contributed by atoms with E-state index in [4.69, 9.17) is 15.2 Å². The van der Waals surface area contributed by atoms with E-state index in [9.17, 15) is 14.4 Å². The van der Waals surface area contributed by atoms with E-state index < -0.39 is 0 Å². The third-order valence-electron chi connectivity index (χ3n) is 5.92. The number of aromatic nitrogens is 2. The molecule has 4 rings (SSSR count). The van der Waals surface area contributed by atoms with Crippen LogP contribution in [0.25, 0.3) is 10.9 Å². The van der Waals surface area contributed by atoms with Crippen LogP contribution in [0.15, 0.2) is 30.3 Å². The molecule has 3 aromatic rings. The molecule has 0 spiro atoms. The van der Waals surface area contributed by atoms with Crippen molar-refractivity contribution in [1.82, 2.24) is 14.9 Å². The number of aryl methyl sites for hydroxylation is 1. The molecule has 0 unspecified atom stereocenters. The van der Waals surface area contributed by atoms with Gasteiger partial charge in [-0.25, -0.2) is 9.37 Å². The van der Waals surface area contributed by atoms with E-state index in [2.05, 4.69) is 16.0 Å². The van der Waals surface area contributed by atoms with E-state index in [1.807, 2.05) is 4.90 Å². The van der Waals surface area contributed by atoms with Gasteiger partial charge in [-0.2, -0.15) is 10.2 Å². The van der Waals surface area contributed by atoms with Crippen molar-refractivity contribution in [3.8, 4) is 17.6 Å². The summed E-state index contributed by atoms with van der Waals surface area (Å²) in [5.41, 5.74) is 7.75. The predicted octanol–water partition coefficient (Wildman–Crippen LogP) is 2.52. The number of hydrogen-bond donors (Lipinski definition) is 1. The van der Waals surface area contributed by atoms with Gasteiger partial charge in [-0.05, 0) is 30.2 Å². The predicted molar refractivity (Wildman–Crippen MR) is 125 cm³/mol. The molecule has 10 heteroatoms. The fourth-order valence-corrected chi connectivity index (χ4v) is 4.05. The number of benzene rings is 2. The van der Waals surface area contributed by atoms with Crippen LogP contribution in [0.4, 0.5) is 16.2 Å². The second-order valence-corrected chi connectivity index (χ2v) is 7.90. The molecule has 9 nitrogen and oxygen atoms in total. The van der Waals surface area contributed by atoms with Crippen LogP contribution in [0.5, 0.6) is 11.5 Å². The van der Waals surface area contributed by atoms with E-state index in [0.717, 1.165) is 5.56 Å². The molecule has 0 bridgehead atoms. The highest BCUT2D eigenvalue weighted by atomic mass is 19.1. The fourth-order valence-electron chi connectivity index (χ4n) is 4.05. The third-order valence-corrected chi connectivity index (χ3v) is 5.92. The summed E-state index contributed by atoms with van der Waals surface area (Å²) in [6.07, 6.45) is 0.921. The Morgan fingerprint density at radius 3 is 2.47 bits per heavy atom. The fraction of sp³-hybridized carbons (Fsp3) is 0.333. The number of ether oxygens (including phenoxy) is 2. The highest BCUT2D eigenvalue weighted by Gasteiger charge is 2.25. The lowest BCUT2D eigenvalue weighted by atomic mass is 10.1. The number of hydrogen-bond acceptors (Lipinski definition) is 8. The molecule has 0 radical (unpaired) electrons. The molecule has 34 heavy (non-hydrogen) atoms. The van der Waals surface area contributed by atoms with E-state index in [0.29, 0.717) is 61.6 Å². The minimum absolute atomic E-state index is 0.0477. The van der Waals surface area contributed by atoms with Gasteiger partial charge in [0.05, 0.1) is 19.7 Å². The van der Waals surface area contributed by atoms with Gasteiger partial charge in [0.1, 0.15) is 23.3 Å². The van der Waals surface area contributed by atoms with Gasteiger partial charge in [0.2, 0.25) is 11.9 Å². The van der Waals surface area contributed by atoms with Gasteiger partial charge in [-0.15, -0.1) is 0 Å². The topological polar surface area (TPSA) is 118 Å². The first kappa shape index (κ1) is 23.0. The summed E-state index contributed by atoms with van der Waals surface area (Å²) < 4.78 is 23.7. The number of nitrogen functional groups attached to an aromatic ring is 1. The number of nitriles is 1. The molecule has 0 aliphatic carbocycles. The standard InChI is InChI=1S/C24H25FN6O3/c1-33-19-13-17-21(18(14-26)22(19)34-2)28-24(29-23(17)27)31-11-9-30(10-12-31)20(32)8-5-15-3-6-16(25)7-4-15/h3-4,6-7,13H,5,8-12H2,1-2H3,(H2,27,28,29). The molecule has 1 fully saturated rings. The number of amides is 1. The second-order valence-electron chi connectivity index (χ2n) is 7.90. The monoisotopic (exact) mass is 464 g/mol. The first-order valence-corrected chi connectivity index (χ1v) is 10.8. The average molecular weight is 465 g/mol. The number of piperazine rings is 1. The number of anilines is 2. The van der Waals surface area contributed by atoms with E-state index >= 15 is 0 Å². The molecular weight excluding hydrogens is 439 g/mol. The van der Waals surface area contributed by atoms with Crippen LogP contribution in [-0.2, 0) is 11.2 Å². The number of carbonyl (C=O) groups is 1. The van der Waals surface area contributed by atoms with E-state index in [1.54, 1.807) is 23.1 Å². The Labute approximate surface area is 196 Å². The molecule has 176 valence electrons. The van der Waals surface area contributed by atoms with Crippen molar-refractivity contribution in [2.24, 2.45) is 0 Å². The van der Waals surface area contributed by atoms with Gasteiger partial charge >= 0.3 is 0 Å². The Morgan fingerprint density at radius 1 is 1.15 bits per heavy atom. The summed E-state index contributed by atoms with van der Waals surface area (Å²) in [4.78, 5) is 25.4. The zero-order chi connectivity index (χ0) is 24.2. The molecule has 2 aromatic carbocycles. The van der Waals surface area contributed by atoms with Gasteiger partial charge in [0.15, 0.2) is 11.5 Å². The molecular formula is C24H25FN6O3. The number of carbonyl (C=O) groups excluding carboxylic acids is 1. The van der Waals surface area contributed by atoms with Crippen LogP contribution in [-0.4, -0.2) is 61.2 Å². The second kappa shape index (κ2) is 9.79. The SMILES string of the molecule is COc1cc2c(N)nc(N3CCN(C(=O)CCc4ccc(F)cc4)CC3)nc2c(C#N)c1OC. The van der Waals surface area contributed by atoms with Crippen molar-refractivity contribution >= 4 is 28.6 Å². The zero-order valence-corrected chi connectivity index (χ0v) is 19.0. The quantitative estimate of drug-likeness (QED) is 0.591. The lowest BCUT2D eigenvalue weighted by Crippen LogP contribution is -2.49. The number of nitrogens with two attached hydrogens (primary N) is 1. The van der Waals surface area contributed by atoms with E-state index in [-0.39, 0.29) is 28.9 Å². The molecule has 0 saturated carbocycles. The number of rotatable bonds is 6. The summed E-state index contributed by atoms with van der Waals surface area (Å²) in [7, 11) is 2.94. The molecule has 2 heterocycles. The number of nitrogens with zero attached hydrogens (tertiary/aromatic N) is 5. The first-order chi connectivity index (χ1) is 16.4. The maximum atomic E-state index is 13.1. The Hall–Kier alpha value is -4.13. The summed E-state index contributed by atoms with van der Waals surface area (Å²) in [6, 6.07) is 9.98. The zero-order valence-electron chi connectivity index (χ0n) is 19.0. The Bertz CT molecular complexity index is 1250.